The van der Waals surface area contributed by atoms with E-state index in [4.69, 9.17) is 0 Å². The van der Waals surface area contributed by atoms with Crippen LogP contribution in [0.25, 0.3) is 0 Å². The zero-order chi connectivity index (χ0) is 20.4. The number of piperidine rings is 1. The van der Waals surface area contributed by atoms with E-state index < -0.39 is 0 Å². The topological polar surface area (TPSA) is 56.0 Å². The number of halogens is 1. The molecule has 0 N–H and O–H groups in total. The summed E-state index contributed by atoms with van der Waals surface area (Å²) in [4.78, 5) is 19.2. The zero-order valence-corrected chi connectivity index (χ0v) is 16.9. The van der Waals surface area contributed by atoms with Crippen LogP contribution in [0.2, 0.25) is 0 Å². The van der Waals surface area contributed by atoms with Crippen LogP contribution >= 0.6 is 0 Å². The molecule has 1 aliphatic heterocycles. The second kappa shape index (κ2) is 8.19. The lowest BCUT2D eigenvalue weighted by atomic mass is 9.93. The molecule has 0 atom stereocenters. The first-order valence-corrected chi connectivity index (χ1v) is 10.0. The number of aryl methyl sites for hydroxylation is 2. The molecule has 0 aliphatic carbocycles. The third-order valence-corrected chi connectivity index (χ3v) is 5.80. The van der Waals surface area contributed by atoms with Crippen molar-refractivity contribution < 1.29 is 9.18 Å². The maximum Gasteiger partial charge on any atom is 0.272 e. The Morgan fingerprint density at radius 2 is 1.90 bits per heavy atom. The van der Waals surface area contributed by atoms with E-state index in [0.29, 0.717) is 18.2 Å². The minimum Gasteiger partial charge on any atom is -0.337 e. The van der Waals surface area contributed by atoms with Crippen LogP contribution in [-0.4, -0.2) is 43.2 Å². The van der Waals surface area contributed by atoms with Gasteiger partial charge in [0.15, 0.2) is 0 Å². The summed E-state index contributed by atoms with van der Waals surface area (Å²) in [5.74, 6) is 1.39. The van der Waals surface area contributed by atoms with Crippen molar-refractivity contribution in [2.75, 3.05) is 13.1 Å². The van der Waals surface area contributed by atoms with Crippen LogP contribution in [-0.2, 0) is 20.0 Å². The lowest BCUT2D eigenvalue weighted by Gasteiger charge is -2.32. The number of imidazole rings is 1. The van der Waals surface area contributed by atoms with Crippen LogP contribution < -0.4 is 0 Å². The van der Waals surface area contributed by atoms with Crippen LogP contribution in [0.5, 0.6) is 0 Å². The Bertz CT molecular complexity index is 983. The molecule has 7 heteroatoms. The van der Waals surface area contributed by atoms with Gasteiger partial charge in [-0.1, -0.05) is 12.1 Å². The van der Waals surface area contributed by atoms with Gasteiger partial charge in [0.05, 0.1) is 0 Å². The monoisotopic (exact) mass is 395 g/mol. The summed E-state index contributed by atoms with van der Waals surface area (Å²) in [6.07, 6.45) is 6.38. The standard InChI is InChI=1S/C22H26FN5O/c1-16-14-24-21(28(16)15-18-3-5-19(23)6-4-18)13-17-8-11-27(12-9-17)22(29)20-7-10-25-26(20)2/h3-7,10,14,17H,8-9,11-13,15H2,1-2H3. The van der Waals surface area contributed by atoms with E-state index >= 15 is 0 Å². The zero-order valence-electron chi connectivity index (χ0n) is 16.9. The fraction of sp³-hybridized carbons (Fsp3) is 0.409. The number of aromatic nitrogens is 4. The third kappa shape index (κ3) is 4.23. The van der Waals surface area contributed by atoms with Gasteiger partial charge < -0.3 is 9.47 Å². The van der Waals surface area contributed by atoms with Crippen molar-refractivity contribution in [3.8, 4) is 0 Å². The van der Waals surface area contributed by atoms with Gasteiger partial charge in [-0.2, -0.15) is 5.10 Å². The number of hydrogen-bond donors (Lipinski definition) is 0. The van der Waals surface area contributed by atoms with E-state index in [2.05, 4.69) is 21.6 Å². The molecule has 0 radical (unpaired) electrons. The first kappa shape index (κ1) is 19.4. The molecular formula is C22H26FN5O. The molecule has 1 saturated heterocycles. The predicted octanol–water partition coefficient (Wildman–Crippen LogP) is 3.21. The van der Waals surface area contributed by atoms with Crippen LogP contribution in [0, 0.1) is 18.7 Å². The number of nitrogens with zero attached hydrogens (tertiary/aromatic N) is 5. The van der Waals surface area contributed by atoms with E-state index in [1.807, 2.05) is 23.2 Å². The van der Waals surface area contributed by atoms with E-state index in [1.54, 1.807) is 24.0 Å². The number of hydrogen-bond acceptors (Lipinski definition) is 3. The average Bonchev–Trinajstić information content (AvgIpc) is 3.30. The summed E-state index contributed by atoms with van der Waals surface area (Å²) >= 11 is 0. The molecular weight excluding hydrogens is 369 g/mol. The van der Waals surface area contributed by atoms with Gasteiger partial charge in [0.2, 0.25) is 0 Å². The van der Waals surface area contributed by atoms with Crippen LogP contribution in [0.15, 0.2) is 42.7 Å². The molecule has 0 spiro atoms. The number of carbonyl (C=O) groups is 1. The highest BCUT2D eigenvalue weighted by Gasteiger charge is 2.26. The van der Waals surface area contributed by atoms with Crippen molar-refractivity contribution in [1.29, 1.82) is 0 Å². The van der Waals surface area contributed by atoms with Crippen LogP contribution in [0.1, 0.15) is 40.4 Å². The molecule has 2 aromatic heterocycles. The fourth-order valence-corrected chi connectivity index (χ4v) is 4.01. The van der Waals surface area contributed by atoms with Gasteiger partial charge in [0, 0.05) is 51.2 Å². The van der Waals surface area contributed by atoms with Crippen LogP contribution in [0.3, 0.4) is 0 Å². The molecule has 0 saturated carbocycles. The summed E-state index contributed by atoms with van der Waals surface area (Å²) in [6.45, 7) is 4.26. The fourth-order valence-electron chi connectivity index (χ4n) is 4.01. The molecule has 29 heavy (non-hydrogen) atoms. The summed E-state index contributed by atoms with van der Waals surface area (Å²) in [6, 6.07) is 8.40. The van der Waals surface area contributed by atoms with E-state index in [1.165, 1.54) is 12.1 Å². The van der Waals surface area contributed by atoms with Crippen molar-refractivity contribution in [2.24, 2.45) is 13.0 Å². The lowest BCUT2D eigenvalue weighted by Crippen LogP contribution is -2.39. The van der Waals surface area contributed by atoms with Gasteiger partial charge in [0.1, 0.15) is 17.3 Å². The van der Waals surface area contributed by atoms with Crippen molar-refractivity contribution in [3.05, 3.63) is 71.3 Å². The highest BCUT2D eigenvalue weighted by atomic mass is 19.1. The Morgan fingerprint density at radius 1 is 1.17 bits per heavy atom. The van der Waals surface area contributed by atoms with Crippen molar-refractivity contribution in [3.63, 3.8) is 0 Å². The highest BCUT2D eigenvalue weighted by Crippen LogP contribution is 2.23. The molecule has 4 rings (SSSR count). The smallest absolute Gasteiger partial charge is 0.272 e. The molecule has 1 aromatic carbocycles. The SMILES string of the molecule is Cc1cnc(CC2CCN(C(=O)c3ccnn3C)CC2)n1Cc1ccc(F)cc1. The maximum atomic E-state index is 13.2. The Hall–Kier alpha value is -2.96. The van der Waals surface area contributed by atoms with Gasteiger partial charge in [-0.25, -0.2) is 9.37 Å². The molecule has 152 valence electrons. The second-order valence-corrected chi connectivity index (χ2v) is 7.81. The summed E-state index contributed by atoms with van der Waals surface area (Å²) in [7, 11) is 1.79. The summed E-state index contributed by atoms with van der Waals surface area (Å²) in [5, 5.41) is 4.09. The summed E-state index contributed by atoms with van der Waals surface area (Å²) < 4.78 is 17.0. The second-order valence-electron chi connectivity index (χ2n) is 7.81. The van der Waals surface area contributed by atoms with Gasteiger partial charge in [-0.15, -0.1) is 0 Å². The molecule has 0 bridgehead atoms. The van der Waals surface area contributed by atoms with Gasteiger partial charge >= 0.3 is 0 Å². The highest BCUT2D eigenvalue weighted by molar-refractivity contribution is 5.92. The van der Waals surface area contributed by atoms with Crippen molar-refractivity contribution >= 4 is 5.91 Å². The molecule has 1 amide bonds. The van der Waals surface area contributed by atoms with Gasteiger partial charge in [-0.3, -0.25) is 9.48 Å². The first-order valence-electron chi connectivity index (χ1n) is 10.0. The van der Waals surface area contributed by atoms with E-state index in [9.17, 15) is 9.18 Å². The maximum absolute atomic E-state index is 13.2. The number of amides is 1. The van der Waals surface area contributed by atoms with Crippen LogP contribution in [0.4, 0.5) is 4.39 Å². The predicted molar refractivity (Wildman–Crippen MR) is 108 cm³/mol. The lowest BCUT2D eigenvalue weighted by molar-refractivity contribution is 0.0678. The molecule has 0 unspecified atom stereocenters. The normalized spacial score (nSPS) is 15.1. The quantitative estimate of drug-likeness (QED) is 0.667. The minimum atomic E-state index is -0.219. The van der Waals surface area contributed by atoms with Crippen molar-refractivity contribution in [1.82, 2.24) is 24.2 Å². The third-order valence-electron chi connectivity index (χ3n) is 5.80. The largest absolute Gasteiger partial charge is 0.337 e. The van der Waals surface area contributed by atoms with Gasteiger partial charge in [-0.05, 0) is 49.4 Å². The average molecular weight is 395 g/mol. The number of likely N-dealkylation sites (tertiary alicyclic amines) is 1. The van der Waals surface area contributed by atoms with Gasteiger partial charge in [0.25, 0.3) is 5.91 Å². The molecule has 1 aliphatic rings. The number of carbonyl (C=O) groups excluding carboxylic acids is 1. The Kier molecular flexibility index (Phi) is 5.47. The van der Waals surface area contributed by atoms with Crippen molar-refractivity contribution in [2.45, 2.75) is 32.7 Å². The molecule has 3 heterocycles. The number of benzene rings is 1. The van der Waals surface area contributed by atoms with E-state index in [-0.39, 0.29) is 11.7 Å². The summed E-state index contributed by atoms with van der Waals surface area (Å²) in [5.41, 5.74) is 2.80. The Balaban J connectivity index is 1.38. The van der Waals surface area contributed by atoms with E-state index in [0.717, 1.165) is 49.4 Å². The molecule has 1 fully saturated rings. The Labute approximate surface area is 170 Å². The minimum absolute atomic E-state index is 0.0529. The number of rotatable bonds is 5. The molecule has 6 nitrogen and oxygen atoms in total. The molecule has 3 aromatic rings. The first-order chi connectivity index (χ1) is 14.0. The Morgan fingerprint density at radius 3 is 2.55 bits per heavy atom.